The van der Waals surface area contributed by atoms with Gasteiger partial charge in [0.05, 0.1) is 6.20 Å². The van der Waals surface area contributed by atoms with Crippen LogP contribution in [0.25, 0.3) is 0 Å². The average Bonchev–Trinajstić information content (AvgIpc) is 2.72. The predicted octanol–water partition coefficient (Wildman–Crippen LogP) is 1.67. The van der Waals surface area contributed by atoms with Crippen molar-refractivity contribution in [3.8, 4) is 11.8 Å². The Morgan fingerprint density at radius 2 is 2.00 bits per heavy atom. The molecule has 0 aliphatic heterocycles. The fourth-order valence-corrected chi connectivity index (χ4v) is 0.888. The maximum atomic E-state index is 5.13. The second-order valence-electron chi connectivity index (χ2n) is 2.44. The molecule has 0 spiro atoms. The molecule has 0 unspecified atom stereocenters. The first-order chi connectivity index (χ1) is 6.95. The van der Waals surface area contributed by atoms with Crippen molar-refractivity contribution in [2.24, 2.45) is 0 Å². The molecular formula is C9H7BNO3. The minimum absolute atomic E-state index is 0.154. The first-order valence-electron chi connectivity index (χ1n) is 4.05. The predicted molar refractivity (Wildman–Crippen MR) is 50.0 cm³/mol. The molecule has 0 amide bonds. The summed E-state index contributed by atoms with van der Waals surface area (Å²) in [5.74, 6) is 0.694. The van der Waals surface area contributed by atoms with Crippen LogP contribution < -0.4 is 9.31 Å². The summed E-state index contributed by atoms with van der Waals surface area (Å²) in [7, 11) is 1.17. The lowest BCUT2D eigenvalue weighted by Crippen LogP contribution is -2.10. The maximum Gasteiger partial charge on any atom is 0.661 e. The van der Waals surface area contributed by atoms with Crippen LogP contribution in [0.2, 0.25) is 0 Å². The quantitative estimate of drug-likeness (QED) is 0.684. The molecule has 5 heteroatoms. The molecule has 14 heavy (non-hydrogen) atoms. The van der Waals surface area contributed by atoms with E-state index in [4.69, 9.17) is 13.7 Å². The zero-order valence-electron chi connectivity index (χ0n) is 7.29. The molecule has 0 fully saturated rings. The zero-order chi connectivity index (χ0) is 9.64. The lowest BCUT2D eigenvalue weighted by Gasteiger charge is -2.01. The molecule has 2 rings (SSSR count). The van der Waals surface area contributed by atoms with Crippen molar-refractivity contribution in [2.75, 3.05) is 0 Å². The molecule has 4 nitrogen and oxygen atoms in total. The summed E-state index contributed by atoms with van der Waals surface area (Å²) in [6.07, 6.45) is 3.07. The Bertz CT molecular complexity index is 363. The Morgan fingerprint density at radius 3 is 2.71 bits per heavy atom. The van der Waals surface area contributed by atoms with Crippen LogP contribution in [0.1, 0.15) is 0 Å². The molecule has 1 heterocycles. The van der Waals surface area contributed by atoms with Crippen molar-refractivity contribution in [1.82, 2.24) is 4.98 Å². The van der Waals surface area contributed by atoms with Crippen molar-refractivity contribution in [2.45, 2.75) is 0 Å². The van der Waals surface area contributed by atoms with Gasteiger partial charge in [0, 0.05) is 0 Å². The maximum absolute atomic E-state index is 5.13. The van der Waals surface area contributed by atoms with Crippen molar-refractivity contribution < 1.29 is 13.7 Å². The Hall–Kier alpha value is -1.91. The summed E-state index contributed by atoms with van der Waals surface area (Å²) in [5, 5.41) is 0. The van der Waals surface area contributed by atoms with Crippen LogP contribution in [-0.2, 0) is 0 Å². The smallest absolute Gasteiger partial charge is 0.526 e. The van der Waals surface area contributed by atoms with Crippen LogP contribution in [0.5, 0.6) is 11.8 Å². The molecule has 1 aromatic carbocycles. The Labute approximate surface area is 81.8 Å². The van der Waals surface area contributed by atoms with Gasteiger partial charge in [-0.3, -0.25) is 0 Å². The topological polar surface area (TPSA) is 44.5 Å². The van der Waals surface area contributed by atoms with Crippen LogP contribution in [0, 0.1) is 0 Å². The van der Waals surface area contributed by atoms with Crippen LogP contribution in [0.4, 0.5) is 0 Å². The molecule has 0 saturated heterocycles. The van der Waals surface area contributed by atoms with Crippen molar-refractivity contribution in [3.05, 3.63) is 42.8 Å². The standard InChI is InChI=1S/C9H7BNO3/c1-2-4-8(5-3-1)13-10-14-9-11-6-7-12-9/h1-7H. The molecule has 0 saturated carbocycles. The summed E-state index contributed by atoms with van der Waals surface area (Å²) in [6.45, 7) is 0. The van der Waals surface area contributed by atoms with Crippen molar-refractivity contribution >= 4 is 7.69 Å². The number of aromatic nitrogens is 1. The van der Waals surface area contributed by atoms with E-state index in [-0.39, 0.29) is 6.08 Å². The number of nitrogens with zero attached hydrogens (tertiary/aromatic N) is 1. The van der Waals surface area contributed by atoms with E-state index in [1.54, 1.807) is 0 Å². The molecule has 0 aliphatic rings. The van der Waals surface area contributed by atoms with Crippen molar-refractivity contribution in [3.63, 3.8) is 0 Å². The fraction of sp³-hybridized carbons (Fsp3) is 0. The molecule has 2 aromatic rings. The normalized spacial score (nSPS) is 9.43. The van der Waals surface area contributed by atoms with E-state index in [1.165, 1.54) is 20.1 Å². The average molecular weight is 188 g/mol. The fourth-order valence-electron chi connectivity index (χ4n) is 0.888. The minimum atomic E-state index is 0.154. The molecule has 0 aliphatic carbocycles. The number of rotatable bonds is 4. The van der Waals surface area contributed by atoms with Crippen LogP contribution in [0.15, 0.2) is 47.2 Å². The highest BCUT2D eigenvalue weighted by molar-refractivity contribution is 6.20. The molecule has 0 atom stereocenters. The monoisotopic (exact) mass is 188 g/mol. The molecular weight excluding hydrogens is 181 g/mol. The van der Waals surface area contributed by atoms with Crippen LogP contribution in [-0.4, -0.2) is 12.7 Å². The van der Waals surface area contributed by atoms with Gasteiger partial charge >= 0.3 is 13.8 Å². The van der Waals surface area contributed by atoms with Gasteiger partial charge in [-0.15, -0.1) is 0 Å². The third kappa shape index (κ3) is 2.29. The van der Waals surface area contributed by atoms with E-state index in [0.29, 0.717) is 5.75 Å². The molecule has 69 valence electrons. The second kappa shape index (κ2) is 4.36. The van der Waals surface area contributed by atoms with E-state index < -0.39 is 0 Å². The number of hydrogen-bond donors (Lipinski definition) is 0. The highest BCUT2D eigenvalue weighted by Gasteiger charge is 2.03. The van der Waals surface area contributed by atoms with Gasteiger partial charge in [0.1, 0.15) is 12.0 Å². The van der Waals surface area contributed by atoms with E-state index in [0.717, 1.165) is 0 Å². The SMILES string of the molecule is [B](Oc1ccccc1)Oc1ncco1. The Balaban J connectivity index is 1.79. The van der Waals surface area contributed by atoms with E-state index in [9.17, 15) is 0 Å². The van der Waals surface area contributed by atoms with Crippen LogP contribution in [0.3, 0.4) is 0 Å². The van der Waals surface area contributed by atoms with Gasteiger partial charge in [-0.05, 0) is 12.1 Å². The van der Waals surface area contributed by atoms with Gasteiger partial charge in [-0.25, -0.2) is 0 Å². The first-order valence-corrected chi connectivity index (χ1v) is 4.05. The number of benzene rings is 1. The lowest BCUT2D eigenvalue weighted by atomic mass is 10.3. The molecule has 1 radical (unpaired) electrons. The van der Waals surface area contributed by atoms with Gasteiger partial charge in [-0.1, -0.05) is 18.2 Å². The first kappa shape index (κ1) is 8.68. The molecule has 1 aromatic heterocycles. The third-order valence-electron chi connectivity index (χ3n) is 1.49. The Morgan fingerprint density at radius 1 is 1.14 bits per heavy atom. The summed E-state index contributed by atoms with van der Waals surface area (Å²) in [4.78, 5) is 3.75. The van der Waals surface area contributed by atoms with Gasteiger partial charge < -0.3 is 13.7 Å². The third-order valence-corrected chi connectivity index (χ3v) is 1.49. The van der Waals surface area contributed by atoms with E-state index in [2.05, 4.69) is 4.98 Å². The number of para-hydroxylation sites is 1. The highest BCUT2D eigenvalue weighted by atomic mass is 16.6. The molecule has 0 bridgehead atoms. The van der Waals surface area contributed by atoms with Gasteiger partial charge in [-0.2, -0.15) is 4.98 Å². The Kier molecular flexibility index (Phi) is 2.71. The second-order valence-corrected chi connectivity index (χ2v) is 2.44. The van der Waals surface area contributed by atoms with Crippen LogP contribution >= 0.6 is 0 Å². The summed E-state index contributed by atoms with van der Waals surface area (Å²) >= 11 is 0. The summed E-state index contributed by atoms with van der Waals surface area (Å²) in [6, 6.07) is 9.27. The summed E-state index contributed by atoms with van der Waals surface area (Å²) < 4.78 is 14.9. The van der Waals surface area contributed by atoms with E-state index >= 15 is 0 Å². The number of hydrogen-bond acceptors (Lipinski definition) is 4. The minimum Gasteiger partial charge on any atom is -0.526 e. The summed E-state index contributed by atoms with van der Waals surface area (Å²) in [5.41, 5.74) is 0. The van der Waals surface area contributed by atoms with Gasteiger partial charge in [0.2, 0.25) is 0 Å². The zero-order valence-corrected chi connectivity index (χ0v) is 7.29. The van der Waals surface area contributed by atoms with Gasteiger partial charge in [0.15, 0.2) is 0 Å². The van der Waals surface area contributed by atoms with Crippen molar-refractivity contribution in [1.29, 1.82) is 0 Å². The highest BCUT2D eigenvalue weighted by Crippen LogP contribution is 2.08. The number of oxazole rings is 1. The van der Waals surface area contributed by atoms with E-state index in [1.807, 2.05) is 30.3 Å². The lowest BCUT2D eigenvalue weighted by molar-refractivity contribution is 0.348. The van der Waals surface area contributed by atoms with Gasteiger partial charge in [0.25, 0.3) is 0 Å². The largest absolute Gasteiger partial charge is 0.661 e. The molecule has 0 N–H and O–H groups in total.